The molecular formula is C32H45N5O6. The standard InChI is InChI=1S/C32H45N5O6/c1-18(2)14-25(37-23-8-7-9-26(43-3)21(23)16-24(37)28(33)39)30(41)35-22(27(38)31(42)34-20-10-11-20)15-19-17-32(36-29(19)40)12-5-4-6-13-32/h7-9,16,18-20,22,25,27,38H,4-6,10-15,17H2,1-3H3,(H2,33,39)(H,34,42)(H,35,41)(H,36,40)/t19?,22?,25-,27?/m0/s1. The van der Waals surface area contributed by atoms with Crippen LogP contribution in [-0.2, 0) is 14.4 Å². The van der Waals surface area contributed by atoms with Gasteiger partial charge >= 0.3 is 0 Å². The van der Waals surface area contributed by atoms with Crippen molar-refractivity contribution >= 4 is 34.5 Å². The summed E-state index contributed by atoms with van der Waals surface area (Å²) in [5, 5.41) is 20.9. The van der Waals surface area contributed by atoms with Gasteiger partial charge in [0.1, 0.15) is 17.5 Å². The number of carbonyl (C=O) groups is 4. The number of ether oxygens (including phenoxy) is 1. The summed E-state index contributed by atoms with van der Waals surface area (Å²) < 4.78 is 7.13. The third kappa shape index (κ3) is 6.66. The van der Waals surface area contributed by atoms with Gasteiger partial charge in [-0.2, -0.15) is 0 Å². The summed E-state index contributed by atoms with van der Waals surface area (Å²) in [5.41, 5.74) is 6.30. The summed E-state index contributed by atoms with van der Waals surface area (Å²) in [4.78, 5) is 53.1. The monoisotopic (exact) mass is 595 g/mol. The van der Waals surface area contributed by atoms with E-state index in [4.69, 9.17) is 10.5 Å². The molecule has 5 rings (SSSR count). The van der Waals surface area contributed by atoms with Gasteiger partial charge in [-0.25, -0.2) is 0 Å². The van der Waals surface area contributed by atoms with Crippen LogP contribution < -0.4 is 26.4 Å². The first-order chi connectivity index (χ1) is 20.5. The maximum absolute atomic E-state index is 14.2. The number of nitrogens with two attached hydrogens (primary N) is 1. The fourth-order valence-corrected chi connectivity index (χ4v) is 6.98. The third-order valence-corrected chi connectivity index (χ3v) is 9.27. The number of carbonyl (C=O) groups excluding carboxylic acids is 4. The Labute approximate surface area is 252 Å². The molecule has 2 saturated carbocycles. The highest BCUT2D eigenvalue weighted by atomic mass is 16.5. The van der Waals surface area contributed by atoms with E-state index in [1.54, 1.807) is 28.8 Å². The minimum atomic E-state index is -1.54. The number of hydrogen-bond donors (Lipinski definition) is 5. The van der Waals surface area contributed by atoms with E-state index in [-0.39, 0.29) is 35.5 Å². The van der Waals surface area contributed by atoms with Crippen LogP contribution in [0.25, 0.3) is 10.9 Å². The van der Waals surface area contributed by atoms with Gasteiger partial charge in [0.05, 0.1) is 18.7 Å². The van der Waals surface area contributed by atoms with E-state index < -0.39 is 41.8 Å². The lowest BCUT2D eigenvalue weighted by Crippen LogP contribution is -2.53. The van der Waals surface area contributed by atoms with Crippen LogP contribution >= 0.6 is 0 Å². The summed E-state index contributed by atoms with van der Waals surface area (Å²) in [5.74, 6) is -1.69. The summed E-state index contributed by atoms with van der Waals surface area (Å²) in [6.07, 6.45) is 6.30. The number of nitrogens with one attached hydrogen (secondary N) is 3. The van der Waals surface area contributed by atoms with E-state index in [1.807, 2.05) is 13.8 Å². The Morgan fingerprint density at radius 2 is 1.88 bits per heavy atom. The molecular weight excluding hydrogens is 550 g/mol. The van der Waals surface area contributed by atoms with Gasteiger partial charge in [-0.1, -0.05) is 39.2 Å². The lowest BCUT2D eigenvalue weighted by Gasteiger charge is -2.33. The van der Waals surface area contributed by atoms with Crippen molar-refractivity contribution in [2.24, 2.45) is 17.6 Å². The molecule has 1 aromatic carbocycles. The van der Waals surface area contributed by atoms with Crippen molar-refractivity contribution in [1.82, 2.24) is 20.5 Å². The molecule has 11 heteroatoms. The zero-order valence-electron chi connectivity index (χ0n) is 25.4. The Kier molecular flexibility index (Phi) is 9.01. The molecule has 1 saturated heterocycles. The summed E-state index contributed by atoms with van der Waals surface area (Å²) in [7, 11) is 1.53. The fraction of sp³-hybridized carbons (Fsp3) is 0.625. The maximum atomic E-state index is 14.2. The number of rotatable bonds is 12. The predicted octanol–water partition coefficient (Wildman–Crippen LogP) is 2.69. The molecule has 3 fully saturated rings. The lowest BCUT2D eigenvalue weighted by atomic mass is 9.78. The minimum absolute atomic E-state index is 0.0202. The first-order valence-electron chi connectivity index (χ1n) is 15.6. The van der Waals surface area contributed by atoms with Gasteiger partial charge in [0.15, 0.2) is 6.10 Å². The predicted molar refractivity (Wildman–Crippen MR) is 161 cm³/mol. The van der Waals surface area contributed by atoms with Crippen molar-refractivity contribution in [1.29, 1.82) is 0 Å². The molecule has 2 heterocycles. The van der Waals surface area contributed by atoms with E-state index >= 15 is 0 Å². The van der Waals surface area contributed by atoms with Crippen LogP contribution in [-0.4, -0.2) is 64.1 Å². The highest BCUT2D eigenvalue weighted by Crippen LogP contribution is 2.40. The van der Waals surface area contributed by atoms with Crippen LogP contribution in [0.15, 0.2) is 24.3 Å². The first-order valence-corrected chi connectivity index (χ1v) is 15.6. The average molecular weight is 596 g/mol. The van der Waals surface area contributed by atoms with Crippen molar-refractivity contribution in [3.05, 3.63) is 30.0 Å². The summed E-state index contributed by atoms with van der Waals surface area (Å²) in [6.45, 7) is 3.94. The Bertz CT molecular complexity index is 1380. The number of aromatic nitrogens is 1. The Morgan fingerprint density at radius 3 is 2.51 bits per heavy atom. The Morgan fingerprint density at radius 1 is 1.16 bits per heavy atom. The average Bonchev–Trinajstić information content (AvgIpc) is 3.62. The van der Waals surface area contributed by atoms with Gasteiger partial charge in [0, 0.05) is 22.9 Å². The van der Waals surface area contributed by atoms with Gasteiger partial charge in [-0.15, -0.1) is 0 Å². The number of hydrogen-bond acceptors (Lipinski definition) is 6. The SMILES string of the molecule is COc1cccc2c1cc(C(N)=O)n2[C@@H](CC(C)C)C(=O)NC(CC1CC2(CCCCC2)NC1=O)C(O)C(=O)NC1CC1. The third-order valence-electron chi connectivity index (χ3n) is 9.27. The largest absolute Gasteiger partial charge is 0.496 e. The van der Waals surface area contributed by atoms with Crippen LogP contribution in [0.3, 0.4) is 0 Å². The highest BCUT2D eigenvalue weighted by Gasteiger charge is 2.46. The number of benzene rings is 1. The number of aliphatic hydroxyl groups is 1. The Balaban J connectivity index is 1.46. The lowest BCUT2D eigenvalue weighted by molar-refractivity contribution is -0.134. The molecule has 4 amide bonds. The van der Waals surface area contributed by atoms with E-state index in [0.29, 0.717) is 29.5 Å². The smallest absolute Gasteiger partial charge is 0.265 e. The molecule has 234 valence electrons. The number of fused-ring (bicyclic) bond motifs is 1. The van der Waals surface area contributed by atoms with Crippen LogP contribution in [0.5, 0.6) is 5.75 Å². The summed E-state index contributed by atoms with van der Waals surface area (Å²) >= 11 is 0. The Hall–Kier alpha value is -3.60. The molecule has 1 aromatic heterocycles. The first kappa shape index (κ1) is 30.8. The molecule has 0 radical (unpaired) electrons. The molecule has 4 atom stereocenters. The van der Waals surface area contributed by atoms with Crippen molar-refractivity contribution in [3.63, 3.8) is 0 Å². The maximum Gasteiger partial charge on any atom is 0.265 e. The van der Waals surface area contributed by atoms with Gasteiger partial charge in [-0.3, -0.25) is 19.2 Å². The zero-order chi connectivity index (χ0) is 30.9. The molecule has 2 aliphatic carbocycles. The van der Waals surface area contributed by atoms with Crippen molar-refractivity contribution < 1.29 is 29.0 Å². The minimum Gasteiger partial charge on any atom is -0.496 e. The number of amides is 4. The van der Waals surface area contributed by atoms with Crippen molar-refractivity contribution in [2.75, 3.05) is 7.11 Å². The molecule has 6 N–H and O–H groups in total. The topological polar surface area (TPSA) is 165 Å². The fourth-order valence-electron chi connectivity index (χ4n) is 6.98. The molecule has 3 aliphatic rings. The van der Waals surface area contributed by atoms with Crippen LogP contribution in [0.2, 0.25) is 0 Å². The van der Waals surface area contributed by atoms with E-state index in [1.165, 1.54) is 7.11 Å². The molecule has 2 aromatic rings. The second-order valence-corrected chi connectivity index (χ2v) is 13.1. The number of nitrogens with zero attached hydrogens (tertiary/aromatic N) is 1. The second-order valence-electron chi connectivity index (χ2n) is 13.1. The second kappa shape index (κ2) is 12.6. The molecule has 0 bridgehead atoms. The number of methoxy groups -OCH3 is 1. The molecule has 1 spiro atoms. The zero-order valence-corrected chi connectivity index (χ0v) is 25.4. The van der Waals surface area contributed by atoms with Gasteiger partial charge in [-0.05, 0) is 69.1 Å². The van der Waals surface area contributed by atoms with Gasteiger partial charge in [0.25, 0.3) is 11.8 Å². The van der Waals surface area contributed by atoms with Crippen molar-refractivity contribution in [2.45, 2.75) is 108 Å². The number of aliphatic hydroxyl groups excluding tert-OH is 1. The van der Waals surface area contributed by atoms with E-state index in [2.05, 4.69) is 16.0 Å². The quantitative estimate of drug-likeness (QED) is 0.253. The number of primary amides is 1. The van der Waals surface area contributed by atoms with E-state index in [9.17, 15) is 24.3 Å². The van der Waals surface area contributed by atoms with Gasteiger partial charge in [0.2, 0.25) is 11.8 Å². The van der Waals surface area contributed by atoms with Gasteiger partial charge < -0.3 is 36.1 Å². The van der Waals surface area contributed by atoms with Crippen molar-refractivity contribution in [3.8, 4) is 5.75 Å². The summed E-state index contributed by atoms with van der Waals surface area (Å²) in [6, 6.07) is 5.10. The van der Waals surface area contributed by atoms with E-state index in [0.717, 1.165) is 44.9 Å². The van der Waals surface area contributed by atoms with Crippen LogP contribution in [0, 0.1) is 11.8 Å². The normalized spacial score (nSPS) is 21.8. The molecule has 3 unspecified atom stereocenters. The molecule has 1 aliphatic heterocycles. The molecule has 43 heavy (non-hydrogen) atoms. The van der Waals surface area contributed by atoms with Crippen LogP contribution in [0.4, 0.5) is 0 Å². The highest BCUT2D eigenvalue weighted by molar-refractivity contribution is 6.01. The molecule has 11 nitrogen and oxygen atoms in total. The van der Waals surface area contributed by atoms with Crippen LogP contribution in [0.1, 0.15) is 94.6 Å².